The first kappa shape index (κ1) is 18.9. The SMILES string of the molecule is CCOC(=O)N1CCN(C(=O)CCc2ccc(OC)c(OC)c2)CC1. The lowest BCUT2D eigenvalue weighted by Crippen LogP contribution is -2.50. The molecule has 0 spiro atoms. The van der Waals surface area contributed by atoms with E-state index in [1.54, 1.807) is 30.9 Å². The number of amides is 2. The van der Waals surface area contributed by atoms with Crippen LogP contribution >= 0.6 is 0 Å². The second-order valence-electron chi connectivity index (χ2n) is 5.76. The molecule has 0 N–H and O–H groups in total. The molecule has 0 radical (unpaired) electrons. The van der Waals surface area contributed by atoms with E-state index in [2.05, 4.69) is 0 Å². The molecule has 1 aliphatic heterocycles. The highest BCUT2D eigenvalue weighted by molar-refractivity contribution is 5.77. The van der Waals surface area contributed by atoms with Crippen molar-refractivity contribution in [2.45, 2.75) is 19.8 Å². The van der Waals surface area contributed by atoms with Gasteiger partial charge in [0.25, 0.3) is 0 Å². The molecule has 0 unspecified atom stereocenters. The van der Waals surface area contributed by atoms with Crippen LogP contribution in [-0.2, 0) is 16.0 Å². The molecule has 1 aromatic rings. The molecule has 0 saturated carbocycles. The quantitative estimate of drug-likeness (QED) is 0.784. The van der Waals surface area contributed by atoms with Crippen molar-refractivity contribution in [3.63, 3.8) is 0 Å². The van der Waals surface area contributed by atoms with Crippen molar-refractivity contribution in [3.05, 3.63) is 23.8 Å². The summed E-state index contributed by atoms with van der Waals surface area (Å²) in [5.74, 6) is 1.43. The number of piperazine rings is 1. The van der Waals surface area contributed by atoms with Gasteiger partial charge in [0.15, 0.2) is 11.5 Å². The summed E-state index contributed by atoms with van der Waals surface area (Å²) < 4.78 is 15.5. The van der Waals surface area contributed by atoms with Gasteiger partial charge in [0.05, 0.1) is 20.8 Å². The van der Waals surface area contributed by atoms with Gasteiger partial charge in [0.1, 0.15) is 0 Å². The number of ether oxygens (including phenoxy) is 3. The predicted octanol–water partition coefficient (Wildman–Crippen LogP) is 1.94. The van der Waals surface area contributed by atoms with Crippen LogP contribution < -0.4 is 9.47 Å². The average molecular weight is 350 g/mol. The molecule has 1 fully saturated rings. The van der Waals surface area contributed by atoms with E-state index < -0.39 is 0 Å². The van der Waals surface area contributed by atoms with Gasteiger partial charge in [-0.1, -0.05) is 6.07 Å². The minimum atomic E-state index is -0.306. The second-order valence-corrected chi connectivity index (χ2v) is 5.76. The summed E-state index contributed by atoms with van der Waals surface area (Å²) in [6, 6.07) is 5.68. The zero-order chi connectivity index (χ0) is 18.2. The highest BCUT2D eigenvalue weighted by atomic mass is 16.6. The van der Waals surface area contributed by atoms with Crippen molar-refractivity contribution in [2.24, 2.45) is 0 Å². The molecule has 2 amide bonds. The molecule has 0 atom stereocenters. The summed E-state index contributed by atoms with van der Waals surface area (Å²) in [6.07, 6.45) is 0.756. The molecular weight excluding hydrogens is 324 g/mol. The number of aryl methyl sites for hydroxylation is 1. The lowest BCUT2D eigenvalue weighted by Gasteiger charge is -2.34. The van der Waals surface area contributed by atoms with Crippen molar-refractivity contribution in [3.8, 4) is 11.5 Å². The Kier molecular flexibility index (Phi) is 6.91. The number of methoxy groups -OCH3 is 2. The number of rotatable bonds is 6. The van der Waals surface area contributed by atoms with Gasteiger partial charge in [0.2, 0.25) is 5.91 Å². The van der Waals surface area contributed by atoms with E-state index in [-0.39, 0.29) is 12.0 Å². The number of hydrogen-bond acceptors (Lipinski definition) is 5. The van der Waals surface area contributed by atoms with Crippen molar-refractivity contribution < 1.29 is 23.8 Å². The van der Waals surface area contributed by atoms with Crippen LogP contribution in [-0.4, -0.2) is 68.8 Å². The standard InChI is InChI=1S/C18H26N2O5/c1-4-25-18(22)20-11-9-19(10-12-20)17(21)8-6-14-5-7-15(23-2)16(13-14)24-3/h5,7,13H,4,6,8-12H2,1-3H3. The fourth-order valence-corrected chi connectivity index (χ4v) is 2.80. The highest BCUT2D eigenvalue weighted by Crippen LogP contribution is 2.28. The smallest absolute Gasteiger partial charge is 0.409 e. The Morgan fingerprint density at radius 3 is 2.24 bits per heavy atom. The molecule has 1 saturated heterocycles. The van der Waals surface area contributed by atoms with E-state index in [0.29, 0.717) is 57.1 Å². The second kappa shape index (κ2) is 9.15. The molecule has 1 aromatic carbocycles. The third-order valence-electron chi connectivity index (χ3n) is 4.23. The van der Waals surface area contributed by atoms with Crippen LogP contribution in [0.4, 0.5) is 4.79 Å². The third-order valence-corrected chi connectivity index (χ3v) is 4.23. The van der Waals surface area contributed by atoms with Crippen LogP contribution in [0.2, 0.25) is 0 Å². The van der Waals surface area contributed by atoms with Gasteiger partial charge in [-0.15, -0.1) is 0 Å². The summed E-state index contributed by atoms with van der Waals surface area (Å²) in [7, 11) is 3.19. The molecule has 0 aromatic heterocycles. The van der Waals surface area contributed by atoms with Crippen LogP contribution in [0.5, 0.6) is 11.5 Å². The monoisotopic (exact) mass is 350 g/mol. The van der Waals surface area contributed by atoms with E-state index in [1.165, 1.54) is 0 Å². The van der Waals surface area contributed by atoms with Gasteiger partial charge in [-0.3, -0.25) is 4.79 Å². The van der Waals surface area contributed by atoms with Crippen molar-refractivity contribution >= 4 is 12.0 Å². The number of carbonyl (C=O) groups is 2. The molecule has 0 bridgehead atoms. The van der Waals surface area contributed by atoms with Crippen LogP contribution in [0.25, 0.3) is 0 Å². The van der Waals surface area contributed by atoms with Gasteiger partial charge in [-0.05, 0) is 31.0 Å². The summed E-state index contributed by atoms with van der Waals surface area (Å²) in [5, 5.41) is 0. The Morgan fingerprint density at radius 1 is 1.00 bits per heavy atom. The van der Waals surface area contributed by atoms with Crippen LogP contribution in [0.1, 0.15) is 18.9 Å². The molecule has 0 aliphatic carbocycles. The number of carbonyl (C=O) groups excluding carboxylic acids is 2. The Bertz CT molecular complexity index is 597. The number of hydrogen-bond donors (Lipinski definition) is 0. The molecule has 7 nitrogen and oxygen atoms in total. The highest BCUT2D eigenvalue weighted by Gasteiger charge is 2.24. The fourth-order valence-electron chi connectivity index (χ4n) is 2.80. The van der Waals surface area contributed by atoms with E-state index in [1.807, 2.05) is 18.2 Å². The van der Waals surface area contributed by atoms with Crippen LogP contribution in [0.15, 0.2) is 18.2 Å². The van der Waals surface area contributed by atoms with Crippen molar-refractivity contribution in [1.29, 1.82) is 0 Å². The normalized spacial score (nSPS) is 14.2. The minimum Gasteiger partial charge on any atom is -0.493 e. The fraction of sp³-hybridized carbons (Fsp3) is 0.556. The minimum absolute atomic E-state index is 0.0956. The maximum Gasteiger partial charge on any atom is 0.409 e. The zero-order valence-electron chi connectivity index (χ0n) is 15.1. The summed E-state index contributed by atoms with van der Waals surface area (Å²) in [6.45, 7) is 4.27. The molecule has 1 aliphatic rings. The number of benzene rings is 1. The first-order valence-electron chi connectivity index (χ1n) is 8.49. The van der Waals surface area contributed by atoms with E-state index in [0.717, 1.165) is 5.56 Å². The molecular formula is C18H26N2O5. The molecule has 25 heavy (non-hydrogen) atoms. The average Bonchev–Trinajstić information content (AvgIpc) is 2.66. The van der Waals surface area contributed by atoms with Crippen molar-refractivity contribution in [1.82, 2.24) is 9.80 Å². The zero-order valence-corrected chi connectivity index (χ0v) is 15.1. The Morgan fingerprint density at radius 2 is 1.64 bits per heavy atom. The van der Waals surface area contributed by atoms with Crippen LogP contribution in [0.3, 0.4) is 0 Å². The molecule has 138 valence electrons. The van der Waals surface area contributed by atoms with Gasteiger partial charge in [-0.2, -0.15) is 0 Å². The van der Waals surface area contributed by atoms with E-state index >= 15 is 0 Å². The summed E-state index contributed by atoms with van der Waals surface area (Å²) >= 11 is 0. The van der Waals surface area contributed by atoms with Gasteiger partial charge >= 0.3 is 6.09 Å². The van der Waals surface area contributed by atoms with Gasteiger partial charge in [0, 0.05) is 32.6 Å². The maximum absolute atomic E-state index is 12.4. The topological polar surface area (TPSA) is 68.3 Å². The summed E-state index contributed by atoms with van der Waals surface area (Å²) in [4.78, 5) is 27.5. The van der Waals surface area contributed by atoms with E-state index in [4.69, 9.17) is 14.2 Å². The predicted molar refractivity (Wildman–Crippen MR) is 93.0 cm³/mol. The first-order chi connectivity index (χ1) is 12.1. The lowest BCUT2D eigenvalue weighted by atomic mass is 10.1. The third kappa shape index (κ3) is 5.01. The Hall–Kier alpha value is -2.44. The van der Waals surface area contributed by atoms with Crippen LogP contribution in [0, 0.1) is 0 Å². The Labute approximate surface area is 148 Å². The number of nitrogens with zero attached hydrogens (tertiary/aromatic N) is 2. The largest absolute Gasteiger partial charge is 0.493 e. The Balaban J connectivity index is 1.82. The van der Waals surface area contributed by atoms with Crippen molar-refractivity contribution in [2.75, 3.05) is 47.0 Å². The van der Waals surface area contributed by atoms with E-state index in [9.17, 15) is 9.59 Å². The molecule has 7 heteroatoms. The van der Waals surface area contributed by atoms with Gasteiger partial charge < -0.3 is 24.0 Å². The first-order valence-corrected chi connectivity index (χ1v) is 8.49. The summed E-state index contributed by atoms with van der Waals surface area (Å²) in [5.41, 5.74) is 1.02. The lowest BCUT2D eigenvalue weighted by molar-refractivity contribution is -0.132. The molecule has 2 rings (SSSR count). The van der Waals surface area contributed by atoms with Gasteiger partial charge in [-0.25, -0.2) is 4.79 Å². The molecule has 1 heterocycles. The maximum atomic E-state index is 12.4.